The van der Waals surface area contributed by atoms with Crippen molar-refractivity contribution in [2.75, 3.05) is 0 Å². The number of rotatable bonds is 2. The van der Waals surface area contributed by atoms with E-state index in [2.05, 4.69) is 41.8 Å². The Labute approximate surface area is 109 Å². The van der Waals surface area contributed by atoms with Gasteiger partial charge in [0.15, 0.2) is 5.16 Å². The summed E-state index contributed by atoms with van der Waals surface area (Å²) in [5, 5.41) is 0.747. The molecule has 0 bridgehead atoms. The van der Waals surface area contributed by atoms with Gasteiger partial charge in [0.1, 0.15) is 0 Å². The maximum Gasteiger partial charge on any atom is 0.192 e. The molecule has 2 rings (SSSR count). The molecule has 0 aliphatic carbocycles. The van der Waals surface area contributed by atoms with Crippen LogP contribution in [-0.2, 0) is 0 Å². The molecule has 2 aromatic rings. The van der Waals surface area contributed by atoms with Gasteiger partial charge in [0, 0.05) is 21.8 Å². The zero-order valence-electron chi connectivity index (χ0n) is 7.52. The first-order chi connectivity index (χ1) is 7.24. The molecule has 0 unspecified atom stereocenters. The van der Waals surface area contributed by atoms with Crippen molar-refractivity contribution in [2.45, 2.75) is 10.1 Å². The Balaban J connectivity index is 2.18. The maximum atomic E-state index is 4.19. The van der Waals surface area contributed by atoms with Crippen molar-refractivity contribution in [3.05, 3.63) is 45.6 Å². The Morgan fingerprint density at radius 1 is 1.00 bits per heavy atom. The molecule has 0 spiro atoms. The molecule has 0 fully saturated rings. The second-order valence-corrected chi connectivity index (χ2v) is 5.62. The van der Waals surface area contributed by atoms with Crippen LogP contribution in [0, 0.1) is 0 Å². The van der Waals surface area contributed by atoms with Crippen LogP contribution in [0.3, 0.4) is 0 Å². The molecule has 0 radical (unpaired) electrons. The van der Waals surface area contributed by atoms with Gasteiger partial charge in [0.05, 0.1) is 4.47 Å². The molecule has 0 aliphatic rings. The molecule has 76 valence electrons. The van der Waals surface area contributed by atoms with Gasteiger partial charge in [-0.3, -0.25) is 0 Å². The fraction of sp³-hybridized carbons (Fsp3) is 0. The minimum Gasteiger partial charge on any atom is -0.230 e. The molecule has 1 aromatic carbocycles. The van der Waals surface area contributed by atoms with Gasteiger partial charge in [0.25, 0.3) is 0 Å². The molecule has 15 heavy (non-hydrogen) atoms. The highest BCUT2D eigenvalue weighted by Gasteiger charge is 2.00. The fourth-order valence-corrected chi connectivity index (χ4v) is 2.50. The summed E-state index contributed by atoms with van der Waals surface area (Å²) in [6, 6.07) is 8.05. The highest BCUT2D eigenvalue weighted by Crippen LogP contribution is 2.26. The van der Waals surface area contributed by atoms with Crippen molar-refractivity contribution in [3.63, 3.8) is 0 Å². The third kappa shape index (κ3) is 3.29. The minimum absolute atomic E-state index is 0.747. The van der Waals surface area contributed by atoms with E-state index in [-0.39, 0.29) is 0 Å². The standard InChI is InChI=1S/C10H6Br2N2S/c11-7-2-1-3-9(4-7)15-10-13-5-8(12)6-14-10/h1-6H. The number of halogens is 2. The van der Waals surface area contributed by atoms with Crippen LogP contribution >= 0.6 is 43.6 Å². The molecule has 0 saturated heterocycles. The van der Waals surface area contributed by atoms with Crippen LogP contribution in [0.1, 0.15) is 0 Å². The molecular formula is C10H6Br2N2S. The lowest BCUT2D eigenvalue weighted by Crippen LogP contribution is -1.84. The van der Waals surface area contributed by atoms with Crippen molar-refractivity contribution in [1.82, 2.24) is 9.97 Å². The number of hydrogen-bond donors (Lipinski definition) is 0. The summed E-state index contributed by atoms with van der Waals surface area (Å²) >= 11 is 8.26. The number of aromatic nitrogens is 2. The second-order valence-electron chi connectivity index (χ2n) is 2.74. The van der Waals surface area contributed by atoms with E-state index in [1.165, 1.54) is 11.8 Å². The Hall–Kier alpha value is -0.390. The van der Waals surface area contributed by atoms with Gasteiger partial charge in [-0.1, -0.05) is 22.0 Å². The van der Waals surface area contributed by atoms with Crippen LogP contribution in [0.5, 0.6) is 0 Å². The molecule has 0 aliphatic heterocycles. The highest BCUT2D eigenvalue weighted by molar-refractivity contribution is 9.10. The molecule has 0 N–H and O–H groups in total. The zero-order chi connectivity index (χ0) is 10.7. The summed E-state index contributed by atoms with van der Waals surface area (Å²) < 4.78 is 1.95. The molecule has 0 atom stereocenters. The van der Waals surface area contributed by atoms with E-state index >= 15 is 0 Å². The van der Waals surface area contributed by atoms with Crippen LogP contribution < -0.4 is 0 Å². The van der Waals surface area contributed by atoms with Crippen LogP contribution in [0.4, 0.5) is 0 Å². The van der Waals surface area contributed by atoms with Gasteiger partial charge in [-0.05, 0) is 45.9 Å². The first-order valence-electron chi connectivity index (χ1n) is 4.15. The van der Waals surface area contributed by atoms with Crippen molar-refractivity contribution < 1.29 is 0 Å². The predicted molar refractivity (Wildman–Crippen MR) is 68.0 cm³/mol. The maximum absolute atomic E-state index is 4.19. The van der Waals surface area contributed by atoms with Crippen molar-refractivity contribution in [2.24, 2.45) is 0 Å². The van der Waals surface area contributed by atoms with Crippen molar-refractivity contribution in [1.29, 1.82) is 0 Å². The summed E-state index contributed by atoms with van der Waals surface area (Å²) in [5.41, 5.74) is 0. The van der Waals surface area contributed by atoms with Gasteiger partial charge < -0.3 is 0 Å². The van der Waals surface area contributed by atoms with Gasteiger partial charge >= 0.3 is 0 Å². The smallest absolute Gasteiger partial charge is 0.192 e. The molecule has 0 saturated carbocycles. The van der Waals surface area contributed by atoms with Crippen molar-refractivity contribution in [3.8, 4) is 0 Å². The Morgan fingerprint density at radius 3 is 2.40 bits per heavy atom. The zero-order valence-corrected chi connectivity index (χ0v) is 11.5. The Morgan fingerprint density at radius 2 is 1.73 bits per heavy atom. The molecular weight excluding hydrogens is 340 g/mol. The average molecular weight is 346 g/mol. The van der Waals surface area contributed by atoms with Gasteiger partial charge in [0.2, 0.25) is 0 Å². The fourth-order valence-electron chi connectivity index (χ4n) is 0.989. The minimum atomic E-state index is 0.747. The first-order valence-corrected chi connectivity index (χ1v) is 6.55. The third-order valence-corrected chi connectivity index (χ3v) is 3.39. The third-order valence-electron chi connectivity index (χ3n) is 1.60. The lowest BCUT2D eigenvalue weighted by molar-refractivity contribution is 0.958. The lowest BCUT2D eigenvalue weighted by atomic mass is 10.4. The molecule has 5 heteroatoms. The topological polar surface area (TPSA) is 25.8 Å². The van der Waals surface area contributed by atoms with Gasteiger partial charge in [-0.15, -0.1) is 0 Å². The largest absolute Gasteiger partial charge is 0.230 e. The Kier molecular flexibility index (Phi) is 3.77. The summed E-state index contributed by atoms with van der Waals surface area (Å²) in [4.78, 5) is 9.50. The summed E-state index contributed by atoms with van der Waals surface area (Å²) in [6.07, 6.45) is 3.49. The number of hydrogen-bond acceptors (Lipinski definition) is 3. The molecule has 0 amide bonds. The predicted octanol–water partition coefficient (Wildman–Crippen LogP) is 4.15. The second kappa shape index (κ2) is 5.09. The van der Waals surface area contributed by atoms with E-state index in [0.29, 0.717) is 0 Å². The van der Waals surface area contributed by atoms with E-state index in [1.807, 2.05) is 24.3 Å². The van der Waals surface area contributed by atoms with Crippen molar-refractivity contribution >= 4 is 43.6 Å². The highest BCUT2D eigenvalue weighted by atomic mass is 79.9. The van der Waals surface area contributed by atoms with Crippen LogP contribution in [-0.4, -0.2) is 9.97 Å². The lowest BCUT2D eigenvalue weighted by Gasteiger charge is -2.00. The van der Waals surface area contributed by atoms with Crippen LogP contribution in [0.15, 0.2) is 55.7 Å². The van der Waals surface area contributed by atoms with E-state index in [4.69, 9.17) is 0 Å². The molecule has 1 aromatic heterocycles. The van der Waals surface area contributed by atoms with E-state index in [9.17, 15) is 0 Å². The quantitative estimate of drug-likeness (QED) is 0.764. The normalized spacial score (nSPS) is 10.3. The summed E-state index contributed by atoms with van der Waals surface area (Å²) in [6.45, 7) is 0. The van der Waals surface area contributed by atoms with Gasteiger partial charge in [-0.25, -0.2) is 9.97 Å². The molecule has 1 heterocycles. The van der Waals surface area contributed by atoms with E-state index < -0.39 is 0 Å². The summed E-state index contributed by atoms with van der Waals surface area (Å²) in [5.74, 6) is 0. The Bertz CT molecular complexity index is 459. The van der Waals surface area contributed by atoms with Gasteiger partial charge in [-0.2, -0.15) is 0 Å². The summed E-state index contributed by atoms with van der Waals surface area (Å²) in [7, 11) is 0. The van der Waals surface area contributed by atoms with Crippen LogP contribution in [0.25, 0.3) is 0 Å². The number of benzene rings is 1. The average Bonchev–Trinajstić information content (AvgIpc) is 2.22. The first kappa shape index (κ1) is 11.1. The molecule has 2 nitrogen and oxygen atoms in total. The van der Waals surface area contributed by atoms with E-state index in [0.717, 1.165) is 19.0 Å². The SMILES string of the molecule is Brc1cnc(Sc2cccc(Br)c2)nc1. The monoisotopic (exact) mass is 344 g/mol. The van der Waals surface area contributed by atoms with E-state index in [1.54, 1.807) is 12.4 Å². The van der Waals surface area contributed by atoms with Crippen LogP contribution in [0.2, 0.25) is 0 Å². The number of nitrogens with zero attached hydrogens (tertiary/aromatic N) is 2.